The van der Waals surface area contributed by atoms with Crippen molar-refractivity contribution in [2.45, 2.75) is 42.9 Å². The van der Waals surface area contributed by atoms with Crippen LogP contribution in [0.15, 0.2) is 53.4 Å². The molecule has 2 aliphatic rings. The second-order valence-corrected chi connectivity index (χ2v) is 11.1. The van der Waals surface area contributed by atoms with E-state index in [-0.39, 0.29) is 28.7 Å². The summed E-state index contributed by atoms with van der Waals surface area (Å²) in [6.07, 6.45) is -1.78. The zero-order valence-corrected chi connectivity index (χ0v) is 22.5. The molecule has 1 atom stereocenters. The Morgan fingerprint density at radius 2 is 1.56 bits per heavy atom. The van der Waals surface area contributed by atoms with Gasteiger partial charge in [-0.25, -0.2) is 17.6 Å². The minimum absolute atomic E-state index is 0.0143. The minimum Gasteiger partial charge on any atom is -0.475 e. The summed E-state index contributed by atoms with van der Waals surface area (Å²) in [5.74, 6) is -3.54. The highest BCUT2D eigenvalue weighted by molar-refractivity contribution is 7.92. The molecule has 2 saturated heterocycles. The average Bonchev–Trinajstić information content (AvgIpc) is 3.45. The van der Waals surface area contributed by atoms with Crippen molar-refractivity contribution in [3.05, 3.63) is 59.9 Å². The standard InChI is InChI=1S/C24H28FN3O5S.C2HF3O2/c25-19-5-9-22(10-6-19)34(31,32)27-20-7-3-18(4-8-20)24(30)28-13-11-17(12-14-28)23(29)26-16-21-2-1-15-33-21;3-2(4,5)1(6)7/h3-10,17,21,27H,1-2,11-16H2,(H,26,29);(H,6,7). The fourth-order valence-corrected chi connectivity index (χ4v) is 5.26. The number of anilines is 1. The Morgan fingerprint density at radius 3 is 2.07 bits per heavy atom. The zero-order chi connectivity index (χ0) is 30.2. The lowest BCUT2D eigenvalue weighted by Gasteiger charge is -2.31. The van der Waals surface area contributed by atoms with Crippen LogP contribution in [0.4, 0.5) is 23.2 Å². The SMILES string of the molecule is O=C(NCC1CCCO1)C1CCN(C(=O)c2ccc(NS(=O)(=O)c3ccc(F)cc3)cc2)CC1.O=C(O)C(F)(F)F. The lowest BCUT2D eigenvalue weighted by molar-refractivity contribution is -0.192. The number of likely N-dealkylation sites (tertiary alicyclic amines) is 1. The van der Waals surface area contributed by atoms with Crippen LogP contribution in [0.3, 0.4) is 0 Å². The molecule has 0 aliphatic carbocycles. The van der Waals surface area contributed by atoms with E-state index >= 15 is 0 Å². The van der Waals surface area contributed by atoms with Crippen LogP contribution >= 0.6 is 0 Å². The summed E-state index contributed by atoms with van der Waals surface area (Å²) in [6.45, 7) is 2.25. The van der Waals surface area contributed by atoms with Gasteiger partial charge in [0.25, 0.3) is 15.9 Å². The van der Waals surface area contributed by atoms with Gasteiger partial charge < -0.3 is 20.1 Å². The lowest BCUT2D eigenvalue weighted by Crippen LogP contribution is -2.44. The molecule has 4 rings (SSSR count). The van der Waals surface area contributed by atoms with E-state index in [9.17, 15) is 35.6 Å². The maximum Gasteiger partial charge on any atom is 0.490 e. The number of sulfonamides is 1. The van der Waals surface area contributed by atoms with Crippen molar-refractivity contribution in [3.63, 3.8) is 0 Å². The van der Waals surface area contributed by atoms with Crippen LogP contribution < -0.4 is 10.0 Å². The third-order valence-corrected chi connectivity index (χ3v) is 7.83. The Bertz CT molecular complexity index is 1310. The number of hydrogen-bond donors (Lipinski definition) is 3. The monoisotopic (exact) mass is 603 g/mol. The van der Waals surface area contributed by atoms with Gasteiger partial charge in [0, 0.05) is 43.4 Å². The topological polar surface area (TPSA) is 142 Å². The molecular weight excluding hydrogens is 574 g/mol. The van der Waals surface area contributed by atoms with E-state index in [1.807, 2.05) is 0 Å². The summed E-state index contributed by atoms with van der Waals surface area (Å²) in [6, 6.07) is 10.7. The summed E-state index contributed by atoms with van der Waals surface area (Å²) in [5, 5.41) is 10.1. The first-order valence-electron chi connectivity index (χ1n) is 12.6. The first-order valence-corrected chi connectivity index (χ1v) is 14.1. The highest BCUT2D eigenvalue weighted by atomic mass is 32.2. The van der Waals surface area contributed by atoms with E-state index in [1.165, 1.54) is 24.3 Å². The van der Waals surface area contributed by atoms with E-state index in [0.29, 0.717) is 43.7 Å². The molecule has 15 heteroatoms. The van der Waals surface area contributed by atoms with E-state index in [4.69, 9.17) is 14.6 Å². The molecule has 0 radical (unpaired) electrons. The number of nitrogens with zero attached hydrogens (tertiary/aromatic N) is 1. The van der Waals surface area contributed by atoms with Gasteiger partial charge in [0.1, 0.15) is 5.82 Å². The van der Waals surface area contributed by atoms with Gasteiger partial charge in [0.2, 0.25) is 5.91 Å². The Kier molecular flexibility index (Phi) is 10.7. The van der Waals surface area contributed by atoms with Gasteiger partial charge >= 0.3 is 12.1 Å². The van der Waals surface area contributed by atoms with Gasteiger partial charge in [-0.2, -0.15) is 13.2 Å². The molecule has 3 N–H and O–H groups in total. The first kappa shape index (κ1) is 31.8. The third-order valence-electron chi connectivity index (χ3n) is 6.43. The van der Waals surface area contributed by atoms with Gasteiger partial charge in [-0.1, -0.05) is 0 Å². The molecule has 10 nitrogen and oxygen atoms in total. The number of piperidine rings is 1. The summed E-state index contributed by atoms with van der Waals surface area (Å²) < 4.78 is 77.6. The second-order valence-electron chi connectivity index (χ2n) is 9.39. The van der Waals surface area contributed by atoms with E-state index in [0.717, 1.165) is 31.6 Å². The van der Waals surface area contributed by atoms with Crippen LogP contribution in [-0.2, 0) is 24.3 Å². The Morgan fingerprint density at radius 1 is 0.976 bits per heavy atom. The molecule has 2 aromatic carbocycles. The number of benzene rings is 2. The average molecular weight is 604 g/mol. The highest BCUT2D eigenvalue weighted by Gasteiger charge is 2.38. The number of carbonyl (C=O) groups excluding carboxylic acids is 2. The number of carboxylic acid groups (broad SMARTS) is 1. The van der Waals surface area contributed by atoms with Gasteiger partial charge in [-0.05, 0) is 74.2 Å². The molecular formula is C26H29F4N3O7S. The van der Waals surface area contributed by atoms with Crippen molar-refractivity contribution in [1.29, 1.82) is 0 Å². The predicted octanol–water partition coefficient (Wildman–Crippen LogP) is 3.41. The van der Waals surface area contributed by atoms with Crippen LogP contribution in [0, 0.1) is 11.7 Å². The third kappa shape index (κ3) is 9.42. The van der Waals surface area contributed by atoms with E-state index in [1.54, 1.807) is 17.0 Å². The van der Waals surface area contributed by atoms with Crippen LogP contribution in [0.2, 0.25) is 0 Å². The van der Waals surface area contributed by atoms with Crippen LogP contribution in [-0.4, -0.2) is 74.7 Å². The lowest BCUT2D eigenvalue weighted by atomic mass is 9.95. The molecule has 0 spiro atoms. The second kappa shape index (κ2) is 13.8. The Labute approximate surface area is 233 Å². The van der Waals surface area contributed by atoms with E-state index < -0.39 is 28.0 Å². The van der Waals surface area contributed by atoms with E-state index in [2.05, 4.69) is 10.0 Å². The molecule has 1 unspecified atom stereocenters. The maximum atomic E-state index is 13.1. The molecule has 0 bridgehead atoms. The maximum absolute atomic E-state index is 13.1. The molecule has 2 fully saturated rings. The number of nitrogens with one attached hydrogen (secondary N) is 2. The van der Waals surface area contributed by atoms with Crippen LogP contribution in [0.25, 0.3) is 0 Å². The minimum atomic E-state index is -5.08. The van der Waals surface area contributed by atoms with Crippen molar-refractivity contribution < 1.29 is 50.2 Å². The van der Waals surface area contributed by atoms with Crippen LogP contribution in [0.5, 0.6) is 0 Å². The molecule has 41 heavy (non-hydrogen) atoms. The Hall–Kier alpha value is -3.72. The van der Waals surface area contributed by atoms with Crippen molar-refractivity contribution in [3.8, 4) is 0 Å². The number of carboxylic acids is 1. The van der Waals surface area contributed by atoms with Crippen molar-refractivity contribution in [2.24, 2.45) is 5.92 Å². The van der Waals surface area contributed by atoms with Gasteiger partial charge in [0.15, 0.2) is 0 Å². The van der Waals surface area contributed by atoms with Gasteiger partial charge in [0.05, 0.1) is 11.0 Å². The van der Waals surface area contributed by atoms with Gasteiger partial charge in [-0.15, -0.1) is 0 Å². The first-order chi connectivity index (χ1) is 19.3. The number of amides is 2. The van der Waals surface area contributed by atoms with Crippen molar-refractivity contribution in [2.75, 3.05) is 31.0 Å². The molecule has 2 aliphatic heterocycles. The number of ether oxygens (including phenoxy) is 1. The number of rotatable bonds is 7. The quantitative estimate of drug-likeness (QED) is 0.412. The molecule has 0 saturated carbocycles. The predicted molar refractivity (Wildman–Crippen MR) is 138 cm³/mol. The molecule has 224 valence electrons. The number of carbonyl (C=O) groups is 3. The zero-order valence-electron chi connectivity index (χ0n) is 21.7. The van der Waals surface area contributed by atoms with Crippen LogP contribution in [0.1, 0.15) is 36.0 Å². The molecule has 2 heterocycles. The number of hydrogen-bond acceptors (Lipinski definition) is 6. The normalized spacial score (nSPS) is 17.8. The summed E-state index contributed by atoms with van der Waals surface area (Å²) in [7, 11) is -3.87. The van der Waals surface area contributed by atoms with Crippen molar-refractivity contribution >= 4 is 33.5 Å². The molecule has 2 aromatic rings. The molecule has 0 aromatic heterocycles. The number of halogens is 4. The van der Waals surface area contributed by atoms with Crippen molar-refractivity contribution in [1.82, 2.24) is 10.2 Å². The summed E-state index contributed by atoms with van der Waals surface area (Å²) >= 11 is 0. The van der Waals surface area contributed by atoms with Gasteiger partial charge in [-0.3, -0.25) is 14.3 Å². The fraction of sp³-hybridized carbons (Fsp3) is 0.423. The number of aliphatic carboxylic acids is 1. The summed E-state index contributed by atoms with van der Waals surface area (Å²) in [5.41, 5.74) is 0.730. The number of alkyl halides is 3. The fourth-order valence-electron chi connectivity index (χ4n) is 4.20. The summed E-state index contributed by atoms with van der Waals surface area (Å²) in [4.78, 5) is 35.8. The smallest absolute Gasteiger partial charge is 0.475 e. The Balaban J connectivity index is 0.000000587. The highest BCUT2D eigenvalue weighted by Crippen LogP contribution is 2.22. The largest absolute Gasteiger partial charge is 0.490 e. The molecule has 2 amide bonds.